The van der Waals surface area contributed by atoms with Crippen LogP contribution in [0.3, 0.4) is 0 Å². The Morgan fingerprint density at radius 1 is 1.18 bits per heavy atom. The van der Waals surface area contributed by atoms with Crippen molar-refractivity contribution in [3.63, 3.8) is 0 Å². The number of aromatic amines is 1. The number of rotatable bonds is 7. The number of anilines is 1. The number of benzene rings is 2. The number of amides is 1. The molecule has 0 aliphatic heterocycles. The molecule has 0 bridgehead atoms. The van der Waals surface area contributed by atoms with Crippen LogP contribution in [0.15, 0.2) is 54.7 Å². The van der Waals surface area contributed by atoms with Crippen LogP contribution in [0.25, 0.3) is 33.4 Å². The minimum absolute atomic E-state index is 0.171. The highest BCUT2D eigenvalue weighted by Crippen LogP contribution is 2.47. The lowest BCUT2D eigenvalue weighted by atomic mass is 9.92. The van der Waals surface area contributed by atoms with Crippen LogP contribution >= 0.6 is 0 Å². The highest BCUT2D eigenvalue weighted by atomic mass is 16.6. The van der Waals surface area contributed by atoms with Gasteiger partial charge in [-0.25, -0.2) is 4.79 Å². The number of carbonyl (C=O) groups excluding carboxylic acids is 1. The largest absolute Gasteiger partial charge is 0.494 e. The van der Waals surface area contributed by atoms with E-state index in [9.17, 15) is 4.79 Å². The summed E-state index contributed by atoms with van der Waals surface area (Å²) < 4.78 is 13.5. The Balaban J connectivity index is 1.65. The topological polar surface area (TPSA) is 81.2 Å². The maximum atomic E-state index is 12.0. The van der Waals surface area contributed by atoms with Gasteiger partial charge in [0.1, 0.15) is 5.75 Å². The fourth-order valence-electron chi connectivity index (χ4n) is 4.59. The summed E-state index contributed by atoms with van der Waals surface area (Å²) in [4.78, 5) is 12.0. The predicted octanol–water partition coefficient (Wildman–Crippen LogP) is 6.78. The Morgan fingerprint density at radius 2 is 1.97 bits per heavy atom. The SMILES string of the molecule is CCOc1ccc2c(-c3cc[nH]n3)c(-c3ccc(NC(=O)OC(C)C)cc3)n(C3CCC3)c2c1. The third kappa shape index (κ3) is 4.14. The first-order valence-corrected chi connectivity index (χ1v) is 11.9. The number of nitrogens with one attached hydrogen (secondary N) is 2. The van der Waals surface area contributed by atoms with Crippen LogP contribution < -0.4 is 10.1 Å². The summed E-state index contributed by atoms with van der Waals surface area (Å²) in [6.45, 7) is 6.29. The van der Waals surface area contributed by atoms with Crippen LogP contribution in [0.4, 0.5) is 10.5 Å². The molecule has 2 aromatic carbocycles. The van der Waals surface area contributed by atoms with E-state index in [4.69, 9.17) is 9.47 Å². The van der Waals surface area contributed by atoms with Gasteiger partial charge in [-0.15, -0.1) is 0 Å². The van der Waals surface area contributed by atoms with E-state index in [-0.39, 0.29) is 6.10 Å². The molecule has 34 heavy (non-hydrogen) atoms. The molecule has 1 aliphatic rings. The zero-order chi connectivity index (χ0) is 23.7. The molecule has 0 atom stereocenters. The van der Waals surface area contributed by atoms with Crippen LogP contribution in [-0.4, -0.2) is 33.6 Å². The van der Waals surface area contributed by atoms with E-state index in [1.165, 1.54) is 6.42 Å². The van der Waals surface area contributed by atoms with Crippen LogP contribution in [0.1, 0.15) is 46.1 Å². The minimum atomic E-state index is -0.452. The molecule has 1 fully saturated rings. The number of fused-ring (bicyclic) bond motifs is 1. The summed E-state index contributed by atoms with van der Waals surface area (Å²) >= 11 is 0. The molecule has 1 aliphatic carbocycles. The molecule has 2 N–H and O–H groups in total. The van der Waals surface area contributed by atoms with Gasteiger partial charge in [-0.3, -0.25) is 10.4 Å². The standard InChI is InChI=1S/C27H30N4O3/c1-4-33-21-12-13-22-24(16-21)31(20-6-5-7-20)26(25(22)23-14-15-28-30-23)18-8-10-19(11-9-18)29-27(32)34-17(2)3/h8-17,20H,4-7H2,1-3H3,(H,28,30)(H,29,32). The van der Waals surface area contributed by atoms with Crippen molar-refractivity contribution in [2.45, 2.75) is 52.2 Å². The van der Waals surface area contributed by atoms with E-state index in [1.54, 1.807) is 0 Å². The van der Waals surface area contributed by atoms with Crippen molar-refractivity contribution < 1.29 is 14.3 Å². The van der Waals surface area contributed by atoms with E-state index in [1.807, 2.05) is 63.4 Å². The van der Waals surface area contributed by atoms with E-state index in [0.717, 1.165) is 52.0 Å². The van der Waals surface area contributed by atoms with E-state index >= 15 is 0 Å². The van der Waals surface area contributed by atoms with Gasteiger partial charge in [-0.2, -0.15) is 5.10 Å². The van der Waals surface area contributed by atoms with Crippen LogP contribution in [-0.2, 0) is 4.74 Å². The van der Waals surface area contributed by atoms with Crippen molar-refractivity contribution >= 4 is 22.7 Å². The normalized spacial score (nSPS) is 13.8. The molecule has 0 radical (unpaired) electrons. The number of aromatic nitrogens is 3. The number of hydrogen-bond acceptors (Lipinski definition) is 4. The maximum absolute atomic E-state index is 12.0. The highest BCUT2D eigenvalue weighted by Gasteiger charge is 2.29. The molecule has 0 unspecified atom stereocenters. The Labute approximate surface area is 199 Å². The molecular formula is C27H30N4O3. The predicted molar refractivity (Wildman–Crippen MR) is 134 cm³/mol. The van der Waals surface area contributed by atoms with E-state index < -0.39 is 6.09 Å². The van der Waals surface area contributed by atoms with Crippen molar-refractivity contribution in [1.29, 1.82) is 0 Å². The summed E-state index contributed by atoms with van der Waals surface area (Å²) in [6, 6.07) is 16.7. The van der Waals surface area contributed by atoms with Crippen LogP contribution in [0.5, 0.6) is 5.75 Å². The molecular weight excluding hydrogens is 428 g/mol. The van der Waals surface area contributed by atoms with Crippen molar-refractivity contribution in [3.8, 4) is 28.3 Å². The summed E-state index contributed by atoms with van der Waals surface area (Å²) in [5, 5.41) is 11.5. The van der Waals surface area contributed by atoms with E-state index in [2.05, 4.69) is 32.2 Å². The second kappa shape index (κ2) is 9.25. The van der Waals surface area contributed by atoms with Gasteiger partial charge >= 0.3 is 6.09 Å². The Bertz CT molecular complexity index is 1290. The molecule has 7 heteroatoms. The molecule has 0 saturated heterocycles. The maximum Gasteiger partial charge on any atom is 0.411 e. The van der Waals surface area contributed by atoms with Gasteiger partial charge in [0.25, 0.3) is 0 Å². The van der Waals surface area contributed by atoms with Crippen molar-refractivity contribution in [2.75, 3.05) is 11.9 Å². The van der Waals surface area contributed by atoms with Crippen molar-refractivity contribution in [1.82, 2.24) is 14.8 Å². The molecule has 2 heterocycles. The first-order valence-electron chi connectivity index (χ1n) is 11.9. The third-order valence-electron chi connectivity index (χ3n) is 6.23. The first-order chi connectivity index (χ1) is 16.5. The molecule has 7 nitrogen and oxygen atoms in total. The van der Waals surface area contributed by atoms with Gasteiger partial charge < -0.3 is 14.0 Å². The van der Waals surface area contributed by atoms with Gasteiger partial charge in [0, 0.05) is 34.9 Å². The van der Waals surface area contributed by atoms with Crippen molar-refractivity contribution in [2.24, 2.45) is 0 Å². The first kappa shape index (κ1) is 22.1. The zero-order valence-electron chi connectivity index (χ0n) is 19.8. The number of H-pyrrole nitrogens is 1. The summed E-state index contributed by atoms with van der Waals surface area (Å²) in [5.74, 6) is 0.872. The second-order valence-electron chi connectivity index (χ2n) is 8.91. The molecule has 1 saturated carbocycles. The fraction of sp³-hybridized carbons (Fsp3) is 0.333. The third-order valence-corrected chi connectivity index (χ3v) is 6.23. The fourth-order valence-corrected chi connectivity index (χ4v) is 4.59. The number of ether oxygens (including phenoxy) is 2. The van der Waals surface area contributed by atoms with Gasteiger partial charge in [0.15, 0.2) is 0 Å². The Morgan fingerprint density at radius 3 is 2.59 bits per heavy atom. The van der Waals surface area contributed by atoms with Gasteiger partial charge in [-0.1, -0.05) is 12.1 Å². The number of nitrogens with zero attached hydrogens (tertiary/aromatic N) is 2. The molecule has 2 aromatic heterocycles. The highest BCUT2D eigenvalue weighted by molar-refractivity contribution is 6.04. The molecule has 0 spiro atoms. The number of hydrogen-bond donors (Lipinski definition) is 2. The van der Waals surface area contributed by atoms with Crippen LogP contribution in [0.2, 0.25) is 0 Å². The Hall–Kier alpha value is -3.74. The van der Waals surface area contributed by atoms with Crippen molar-refractivity contribution in [3.05, 3.63) is 54.7 Å². The molecule has 176 valence electrons. The second-order valence-corrected chi connectivity index (χ2v) is 8.91. The average Bonchev–Trinajstić information content (AvgIpc) is 3.39. The number of carbonyl (C=O) groups is 1. The Kier molecular flexibility index (Phi) is 6.01. The van der Waals surface area contributed by atoms with Crippen LogP contribution in [0, 0.1) is 0 Å². The lowest BCUT2D eigenvalue weighted by Gasteiger charge is -2.30. The van der Waals surface area contributed by atoms with E-state index in [0.29, 0.717) is 18.3 Å². The zero-order valence-corrected chi connectivity index (χ0v) is 19.8. The summed E-state index contributed by atoms with van der Waals surface area (Å²) in [7, 11) is 0. The monoisotopic (exact) mass is 458 g/mol. The van der Waals surface area contributed by atoms with Gasteiger partial charge in [-0.05, 0) is 75.9 Å². The average molecular weight is 459 g/mol. The van der Waals surface area contributed by atoms with Gasteiger partial charge in [0.2, 0.25) is 0 Å². The summed E-state index contributed by atoms with van der Waals surface area (Å²) in [5.41, 5.74) is 6.07. The lowest BCUT2D eigenvalue weighted by molar-refractivity contribution is 0.130. The minimum Gasteiger partial charge on any atom is -0.494 e. The molecule has 5 rings (SSSR count). The molecule has 1 amide bonds. The smallest absolute Gasteiger partial charge is 0.411 e. The quantitative estimate of drug-likeness (QED) is 0.320. The lowest BCUT2D eigenvalue weighted by Crippen LogP contribution is -2.18. The molecule has 4 aromatic rings. The van der Waals surface area contributed by atoms with Gasteiger partial charge in [0.05, 0.1) is 29.6 Å². The summed E-state index contributed by atoms with van der Waals surface area (Å²) in [6.07, 6.45) is 4.76.